The van der Waals surface area contributed by atoms with Crippen LogP contribution in [0.1, 0.15) is 43.9 Å². The number of benzene rings is 1. The molecule has 0 fully saturated rings. The summed E-state index contributed by atoms with van der Waals surface area (Å²) in [5.74, 6) is 0.529. The van der Waals surface area contributed by atoms with E-state index < -0.39 is 6.61 Å². The van der Waals surface area contributed by atoms with Crippen molar-refractivity contribution >= 4 is 5.52 Å². The van der Waals surface area contributed by atoms with E-state index in [2.05, 4.69) is 23.7 Å². The number of hydrogen-bond donors (Lipinski definition) is 0. The first-order chi connectivity index (χ1) is 12.9. The molecule has 27 heavy (non-hydrogen) atoms. The Kier molecular flexibility index (Phi) is 5.30. The van der Waals surface area contributed by atoms with Gasteiger partial charge >= 0.3 is 6.61 Å². The van der Waals surface area contributed by atoms with Gasteiger partial charge < -0.3 is 4.74 Å². The van der Waals surface area contributed by atoms with Crippen LogP contribution >= 0.6 is 0 Å². The number of ether oxygens (including phenoxy) is 1. The van der Waals surface area contributed by atoms with Gasteiger partial charge in [0.2, 0.25) is 0 Å². The van der Waals surface area contributed by atoms with E-state index in [1.807, 2.05) is 13.0 Å². The van der Waals surface area contributed by atoms with Crippen LogP contribution in [-0.2, 0) is 7.05 Å². The summed E-state index contributed by atoms with van der Waals surface area (Å²) in [6.45, 7) is 3.12. The van der Waals surface area contributed by atoms with Crippen molar-refractivity contribution in [2.75, 3.05) is 0 Å². The predicted molar refractivity (Wildman–Crippen MR) is 101 cm³/mol. The first kappa shape index (κ1) is 19.1. The molecule has 0 aliphatic rings. The molecular formula is C20H23F2N3O2. The highest BCUT2D eigenvalue weighted by atomic mass is 19.3. The number of aromatic nitrogens is 3. The van der Waals surface area contributed by atoms with Crippen molar-refractivity contribution in [3.8, 4) is 17.1 Å². The molecular weight excluding hydrogens is 352 g/mol. The Labute approximate surface area is 156 Å². The average Bonchev–Trinajstić information content (AvgIpc) is 2.96. The predicted octanol–water partition coefficient (Wildman–Crippen LogP) is 4.51. The lowest BCUT2D eigenvalue weighted by Gasteiger charge is -2.15. The summed E-state index contributed by atoms with van der Waals surface area (Å²) in [5, 5.41) is 4.60. The standard InChI is InChI=1S/C20H23F2N3O2/c1-5-13(6-2)15-11-12(3)25-17(15)19(26)24(4)18(23-25)14-9-7-8-10-16(14)27-20(21)22/h7-11,13,20H,5-6H2,1-4H3. The Morgan fingerprint density at radius 2 is 1.85 bits per heavy atom. The minimum Gasteiger partial charge on any atom is -0.434 e. The maximum Gasteiger partial charge on any atom is 0.387 e. The second-order valence-electron chi connectivity index (χ2n) is 6.58. The Morgan fingerprint density at radius 1 is 1.19 bits per heavy atom. The van der Waals surface area contributed by atoms with Crippen LogP contribution in [-0.4, -0.2) is 20.8 Å². The summed E-state index contributed by atoms with van der Waals surface area (Å²) in [6, 6.07) is 8.35. The van der Waals surface area contributed by atoms with Crippen molar-refractivity contribution < 1.29 is 13.5 Å². The molecule has 0 radical (unpaired) electrons. The molecule has 0 atom stereocenters. The first-order valence-electron chi connectivity index (χ1n) is 9.02. The van der Waals surface area contributed by atoms with Crippen LogP contribution in [0, 0.1) is 6.92 Å². The van der Waals surface area contributed by atoms with Crippen molar-refractivity contribution in [2.24, 2.45) is 7.05 Å². The highest BCUT2D eigenvalue weighted by molar-refractivity contribution is 5.66. The summed E-state index contributed by atoms with van der Waals surface area (Å²) in [4.78, 5) is 13.1. The van der Waals surface area contributed by atoms with E-state index in [9.17, 15) is 13.6 Å². The van der Waals surface area contributed by atoms with Gasteiger partial charge in [0.1, 0.15) is 11.3 Å². The molecule has 0 saturated carbocycles. The molecule has 2 aromatic heterocycles. The zero-order valence-corrected chi connectivity index (χ0v) is 15.9. The van der Waals surface area contributed by atoms with Gasteiger partial charge in [-0.1, -0.05) is 26.0 Å². The average molecular weight is 375 g/mol. The maximum atomic E-state index is 13.1. The summed E-state index contributed by atoms with van der Waals surface area (Å²) in [7, 11) is 1.60. The Bertz CT molecular complexity index is 1020. The third-order valence-electron chi connectivity index (χ3n) is 4.97. The summed E-state index contributed by atoms with van der Waals surface area (Å²) in [5.41, 5.74) is 2.49. The molecule has 2 heterocycles. The number of aryl methyl sites for hydroxylation is 1. The third-order valence-corrected chi connectivity index (χ3v) is 4.97. The molecule has 5 nitrogen and oxygen atoms in total. The van der Waals surface area contributed by atoms with Crippen LogP contribution in [0.4, 0.5) is 8.78 Å². The Morgan fingerprint density at radius 3 is 2.48 bits per heavy atom. The number of nitrogens with zero attached hydrogens (tertiary/aromatic N) is 3. The monoisotopic (exact) mass is 375 g/mol. The van der Waals surface area contributed by atoms with Crippen LogP contribution in [0.25, 0.3) is 16.9 Å². The van der Waals surface area contributed by atoms with E-state index in [1.165, 1.54) is 10.6 Å². The normalized spacial score (nSPS) is 11.7. The number of fused-ring (bicyclic) bond motifs is 1. The summed E-state index contributed by atoms with van der Waals surface area (Å²) in [6.07, 6.45) is 1.84. The van der Waals surface area contributed by atoms with E-state index in [0.29, 0.717) is 11.1 Å². The van der Waals surface area contributed by atoms with Gasteiger partial charge in [-0.25, -0.2) is 4.52 Å². The van der Waals surface area contributed by atoms with Crippen molar-refractivity contribution in [2.45, 2.75) is 46.1 Å². The van der Waals surface area contributed by atoms with Crippen molar-refractivity contribution in [3.63, 3.8) is 0 Å². The zero-order chi connectivity index (χ0) is 19.7. The molecule has 3 aromatic rings. The van der Waals surface area contributed by atoms with Gasteiger partial charge in [-0.05, 0) is 49.4 Å². The first-order valence-corrected chi connectivity index (χ1v) is 9.02. The van der Waals surface area contributed by atoms with Crippen LogP contribution < -0.4 is 10.3 Å². The fourth-order valence-corrected chi connectivity index (χ4v) is 3.54. The highest BCUT2D eigenvalue weighted by Crippen LogP contribution is 2.31. The lowest BCUT2D eigenvalue weighted by Crippen LogP contribution is -2.24. The van der Waals surface area contributed by atoms with Gasteiger partial charge in [0, 0.05) is 12.7 Å². The number of alkyl halides is 2. The minimum atomic E-state index is -2.96. The molecule has 0 spiro atoms. The van der Waals surface area contributed by atoms with E-state index in [-0.39, 0.29) is 23.1 Å². The van der Waals surface area contributed by atoms with Gasteiger partial charge in [0.15, 0.2) is 5.82 Å². The molecule has 144 valence electrons. The van der Waals surface area contributed by atoms with Crippen LogP contribution in [0.5, 0.6) is 5.75 Å². The number of para-hydroxylation sites is 1. The van der Waals surface area contributed by atoms with E-state index in [4.69, 9.17) is 0 Å². The SMILES string of the molecule is CCC(CC)c1cc(C)n2nc(-c3ccccc3OC(F)F)n(C)c(=O)c12. The minimum absolute atomic E-state index is 0.0145. The second-order valence-corrected chi connectivity index (χ2v) is 6.58. The molecule has 0 saturated heterocycles. The van der Waals surface area contributed by atoms with Crippen LogP contribution in [0.3, 0.4) is 0 Å². The lowest BCUT2D eigenvalue weighted by molar-refractivity contribution is -0.0494. The molecule has 3 rings (SSSR count). The van der Waals surface area contributed by atoms with Gasteiger partial charge in [-0.3, -0.25) is 9.36 Å². The summed E-state index contributed by atoms with van der Waals surface area (Å²) >= 11 is 0. The van der Waals surface area contributed by atoms with Gasteiger partial charge in [-0.2, -0.15) is 8.78 Å². The van der Waals surface area contributed by atoms with Crippen LogP contribution in [0.2, 0.25) is 0 Å². The number of halogens is 2. The van der Waals surface area contributed by atoms with Gasteiger partial charge in [-0.15, -0.1) is 5.10 Å². The highest BCUT2D eigenvalue weighted by Gasteiger charge is 2.22. The Hall–Kier alpha value is -2.70. The van der Waals surface area contributed by atoms with E-state index in [0.717, 1.165) is 24.1 Å². The zero-order valence-electron chi connectivity index (χ0n) is 15.9. The second kappa shape index (κ2) is 7.50. The quantitative estimate of drug-likeness (QED) is 0.637. The van der Waals surface area contributed by atoms with Crippen molar-refractivity contribution in [1.29, 1.82) is 0 Å². The van der Waals surface area contributed by atoms with Gasteiger partial charge in [0.05, 0.1) is 5.56 Å². The molecule has 0 aliphatic carbocycles. The third kappa shape index (κ3) is 3.34. The summed E-state index contributed by atoms with van der Waals surface area (Å²) < 4.78 is 33.2. The topological polar surface area (TPSA) is 48.5 Å². The smallest absolute Gasteiger partial charge is 0.387 e. The number of hydrogen-bond acceptors (Lipinski definition) is 3. The molecule has 1 aromatic carbocycles. The molecule has 0 unspecified atom stereocenters. The largest absolute Gasteiger partial charge is 0.434 e. The van der Waals surface area contributed by atoms with E-state index >= 15 is 0 Å². The lowest BCUT2D eigenvalue weighted by atomic mass is 9.95. The number of rotatable bonds is 6. The fraction of sp³-hybridized carbons (Fsp3) is 0.400. The fourth-order valence-electron chi connectivity index (χ4n) is 3.54. The van der Waals surface area contributed by atoms with Crippen LogP contribution in [0.15, 0.2) is 35.1 Å². The molecule has 0 N–H and O–H groups in total. The van der Waals surface area contributed by atoms with E-state index in [1.54, 1.807) is 29.8 Å². The van der Waals surface area contributed by atoms with Crippen molar-refractivity contribution in [1.82, 2.24) is 14.2 Å². The van der Waals surface area contributed by atoms with Crippen molar-refractivity contribution in [3.05, 3.63) is 51.9 Å². The maximum absolute atomic E-state index is 13.1. The molecule has 7 heteroatoms. The molecule has 0 aliphatic heterocycles. The molecule has 0 bridgehead atoms. The van der Waals surface area contributed by atoms with Gasteiger partial charge in [0.25, 0.3) is 5.56 Å². The molecule has 0 amide bonds. The Balaban J connectivity index is 2.29.